The largest absolute Gasteiger partial charge is 0.378 e. The lowest BCUT2D eigenvalue weighted by Gasteiger charge is -2.33. The summed E-state index contributed by atoms with van der Waals surface area (Å²) in [5, 5.41) is 9.34. The van der Waals surface area contributed by atoms with Crippen LogP contribution in [-0.4, -0.2) is 11.3 Å². The molecule has 3 N–H and O–H groups in total. The number of allylic oxidation sites excluding steroid dienone is 1. The molecule has 0 bridgehead atoms. The van der Waals surface area contributed by atoms with E-state index in [1.54, 1.807) is 0 Å². The van der Waals surface area contributed by atoms with E-state index in [9.17, 15) is 5.11 Å². The van der Waals surface area contributed by atoms with Gasteiger partial charge in [-0.05, 0) is 25.2 Å². The van der Waals surface area contributed by atoms with Crippen LogP contribution in [0.25, 0.3) is 0 Å². The molecule has 0 heterocycles. The Kier molecular flexibility index (Phi) is 2.91. The molecule has 1 aliphatic carbocycles. The van der Waals surface area contributed by atoms with Crippen LogP contribution in [0.15, 0.2) is 11.6 Å². The molecule has 0 aromatic carbocycles. The van der Waals surface area contributed by atoms with E-state index in [1.807, 2.05) is 0 Å². The maximum absolute atomic E-state index is 9.34. The lowest BCUT2D eigenvalue weighted by molar-refractivity contribution is 0.0914. The van der Waals surface area contributed by atoms with Gasteiger partial charge in [-0.2, -0.15) is 0 Å². The zero-order valence-corrected chi connectivity index (χ0v) is 8.12. The Balaban J connectivity index is 2.79. The van der Waals surface area contributed by atoms with Crippen LogP contribution in [0.4, 0.5) is 0 Å². The summed E-state index contributed by atoms with van der Waals surface area (Å²) in [6, 6.07) is 0. The summed E-state index contributed by atoms with van der Waals surface area (Å²) in [6.45, 7) is 6.43. The Hall–Kier alpha value is -0.340. The van der Waals surface area contributed by atoms with Crippen molar-refractivity contribution >= 4 is 0 Å². The fourth-order valence-corrected chi connectivity index (χ4v) is 2.42. The first kappa shape index (κ1) is 9.75. The van der Waals surface area contributed by atoms with Crippen LogP contribution in [0.2, 0.25) is 0 Å². The quantitative estimate of drug-likeness (QED) is 0.461. The number of rotatable bonds is 1. The van der Waals surface area contributed by atoms with Gasteiger partial charge in [0.2, 0.25) is 0 Å². The van der Waals surface area contributed by atoms with E-state index < -0.39 is 6.23 Å². The highest BCUT2D eigenvalue weighted by molar-refractivity contribution is 5.12. The van der Waals surface area contributed by atoms with Gasteiger partial charge in [0.05, 0.1) is 0 Å². The molecule has 2 nitrogen and oxygen atoms in total. The van der Waals surface area contributed by atoms with Gasteiger partial charge in [0, 0.05) is 5.92 Å². The zero-order chi connectivity index (χ0) is 9.30. The summed E-state index contributed by atoms with van der Waals surface area (Å²) < 4.78 is 0. The van der Waals surface area contributed by atoms with Gasteiger partial charge in [0.1, 0.15) is 6.23 Å². The van der Waals surface area contributed by atoms with Gasteiger partial charge in [0.25, 0.3) is 0 Å². The third kappa shape index (κ3) is 1.87. The molecule has 0 aliphatic heterocycles. The molecule has 0 aromatic rings. The van der Waals surface area contributed by atoms with E-state index in [-0.39, 0.29) is 5.92 Å². The van der Waals surface area contributed by atoms with Crippen LogP contribution in [0, 0.1) is 17.8 Å². The highest BCUT2D eigenvalue weighted by atomic mass is 16.3. The predicted molar refractivity (Wildman–Crippen MR) is 50.4 cm³/mol. The fraction of sp³-hybridized carbons (Fsp3) is 0.800. The average molecular weight is 169 g/mol. The van der Waals surface area contributed by atoms with E-state index in [2.05, 4.69) is 26.8 Å². The number of nitrogens with two attached hydrogens (primary N) is 1. The topological polar surface area (TPSA) is 46.2 Å². The van der Waals surface area contributed by atoms with Gasteiger partial charge in [-0.15, -0.1) is 0 Å². The average Bonchev–Trinajstić information content (AvgIpc) is 1.82. The summed E-state index contributed by atoms with van der Waals surface area (Å²) in [7, 11) is 0. The highest BCUT2D eigenvalue weighted by Gasteiger charge is 2.28. The summed E-state index contributed by atoms with van der Waals surface area (Å²) in [6.07, 6.45) is 2.67. The van der Waals surface area contributed by atoms with Gasteiger partial charge in [-0.25, -0.2) is 0 Å². The van der Waals surface area contributed by atoms with Crippen LogP contribution in [0.1, 0.15) is 27.2 Å². The first-order valence-corrected chi connectivity index (χ1v) is 4.64. The minimum absolute atomic E-state index is 0.168. The maximum atomic E-state index is 9.34. The summed E-state index contributed by atoms with van der Waals surface area (Å²) >= 11 is 0. The molecule has 0 amide bonds. The molecule has 0 fully saturated rings. The fourth-order valence-electron chi connectivity index (χ4n) is 2.42. The van der Waals surface area contributed by atoms with Crippen molar-refractivity contribution in [2.24, 2.45) is 23.5 Å². The van der Waals surface area contributed by atoms with Gasteiger partial charge in [-0.1, -0.05) is 25.5 Å². The van der Waals surface area contributed by atoms with Crippen LogP contribution in [0.5, 0.6) is 0 Å². The minimum atomic E-state index is -0.691. The predicted octanol–water partition coefficient (Wildman–Crippen LogP) is 1.50. The minimum Gasteiger partial charge on any atom is -0.378 e. The van der Waals surface area contributed by atoms with Crippen LogP contribution >= 0.6 is 0 Å². The molecule has 1 rings (SSSR count). The molecule has 0 saturated heterocycles. The molecule has 4 atom stereocenters. The normalized spacial score (nSPS) is 39.1. The van der Waals surface area contributed by atoms with Crippen molar-refractivity contribution in [1.82, 2.24) is 0 Å². The number of aliphatic hydroxyl groups excluding tert-OH is 1. The second-order valence-corrected chi connectivity index (χ2v) is 4.12. The third-order valence-corrected chi connectivity index (χ3v) is 2.80. The van der Waals surface area contributed by atoms with Crippen molar-refractivity contribution in [2.45, 2.75) is 33.4 Å². The summed E-state index contributed by atoms with van der Waals surface area (Å²) in [4.78, 5) is 0. The van der Waals surface area contributed by atoms with Gasteiger partial charge in [0.15, 0.2) is 0 Å². The molecule has 12 heavy (non-hydrogen) atoms. The standard InChI is InChI=1S/C10H19NO/c1-6-4-7(2)9(10(11)12)8(3)5-6/h4,6,8-10,12H,5,11H2,1-3H3. The number of aliphatic hydroxyl groups is 1. The second-order valence-electron chi connectivity index (χ2n) is 4.12. The summed E-state index contributed by atoms with van der Waals surface area (Å²) in [5.41, 5.74) is 6.75. The molecule has 2 heteroatoms. The Bertz CT molecular complexity index is 186. The third-order valence-electron chi connectivity index (χ3n) is 2.80. The van der Waals surface area contributed by atoms with Crippen LogP contribution in [-0.2, 0) is 0 Å². The van der Waals surface area contributed by atoms with E-state index in [1.165, 1.54) is 5.57 Å². The number of hydrogen-bond acceptors (Lipinski definition) is 2. The SMILES string of the molecule is CC1=CC(C)CC(C)C1C(N)O. The molecule has 0 saturated carbocycles. The first-order valence-electron chi connectivity index (χ1n) is 4.64. The van der Waals surface area contributed by atoms with E-state index in [0.717, 1.165) is 6.42 Å². The monoisotopic (exact) mass is 169 g/mol. The Morgan fingerprint density at radius 2 is 2.17 bits per heavy atom. The van der Waals surface area contributed by atoms with Crippen molar-refractivity contribution in [3.05, 3.63) is 11.6 Å². The van der Waals surface area contributed by atoms with Gasteiger partial charge < -0.3 is 10.8 Å². The van der Waals surface area contributed by atoms with Crippen molar-refractivity contribution in [3.8, 4) is 0 Å². The lowest BCUT2D eigenvalue weighted by Crippen LogP contribution is -2.37. The molecule has 0 spiro atoms. The first-order chi connectivity index (χ1) is 5.52. The molecular weight excluding hydrogens is 150 g/mol. The van der Waals surface area contributed by atoms with Crippen molar-refractivity contribution in [3.63, 3.8) is 0 Å². The van der Waals surface area contributed by atoms with Crippen LogP contribution in [0.3, 0.4) is 0 Å². The number of hydrogen-bond donors (Lipinski definition) is 2. The molecular formula is C10H19NO. The van der Waals surface area contributed by atoms with Crippen molar-refractivity contribution in [1.29, 1.82) is 0 Å². The Morgan fingerprint density at radius 3 is 2.58 bits per heavy atom. The molecule has 0 aromatic heterocycles. The van der Waals surface area contributed by atoms with Crippen molar-refractivity contribution < 1.29 is 5.11 Å². The summed E-state index contributed by atoms with van der Waals surface area (Å²) in [5.74, 6) is 1.31. The smallest absolute Gasteiger partial charge is 0.109 e. The second kappa shape index (κ2) is 3.58. The van der Waals surface area contributed by atoms with E-state index in [4.69, 9.17) is 5.73 Å². The highest BCUT2D eigenvalue weighted by Crippen LogP contribution is 2.33. The van der Waals surface area contributed by atoms with Crippen molar-refractivity contribution in [2.75, 3.05) is 0 Å². The zero-order valence-electron chi connectivity index (χ0n) is 8.12. The molecule has 1 aliphatic rings. The molecule has 70 valence electrons. The van der Waals surface area contributed by atoms with E-state index in [0.29, 0.717) is 11.8 Å². The van der Waals surface area contributed by atoms with Crippen LogP contribution < -0.4 is 5.73 Å². The maximum Gasteiger partial charge on any atom is 0.109 e. The Morgan fingerprint density at radius 1 is 1.58 bits per heavy atom. The van der Waals surface area contributed by atoms with Gasteiger partial charge in [-0.3, -0.25) is 0 Å². The Labute approximate surface area is 74.5 Å². The van der Waals surface area contributed by atoms with E-state index >= 15 is 0 Å². The molecule has 4 unspecified atom stereocenters. The lowest BCUT2D eigenvalue weighted by atomic mass is 9.75. The molecule has 0 radical (unpaired) electrons. The van der Waals surface area contributed by atoms with Gasteiger partial charge >= 0.3 is 0 Å².